The van der Waals surface area contributed by atoms with Gasteiger partial charge in [0, 0.05) is 5.38 Å². The molecule has 0 unspecified atom stereocenters. The number of hydrogen-bond donors (Lipinski definition) is 0. The second kappa shape index (κ2) is 4.72. The van der Waals surface area contributed by atoms with Gasteiger partial charge < -0.3 is 4.74 Å². The first kappa shape index (κ1) is 10.7. The van der Waals surface area contributed by atoms with Crippen molar-refractivity contribution in [3.05, 3.63) is 16.1 Å². The monoisotopic (exact) mass is 199 g/mol. The van der Waals surface area contributed by atoms with E-state index in [9.17, 15) is 0 Å². The lowest BCUT2D eigenvalue weighted by Crippen LogP contribution is -2.02. The zero-order valence-electron chi connectivity index (χ0n) is 8.70. The summed E-state index contributed by atoms with van der Waals surface area (Å²) in [6, 6.07) is 0. The van der Waals surface area contributed by atoms with Gasteiger partial charge in [-0.3, -0.25) is 0 Å². The van der Waals surface area contributed by atoms with Crippen LogP contribution in [0.2, 0.25) is 0 Å². The average Bonchev–Trinajstić information content (AvgIpc) is 2.48. The lowest BCUT2D eigenvalue weighted by atomic mass is 10.2. The zero-order chi connectivity index (χ0) is 9.84. The van der Waals surface area contributed by atoms with E-state index in [-0.39, 0.29) is 6.10 Å². The molecule has 1 rings (SSSR count). The van der Waals surface area contributed by atoms with Gasteiger partial charge in [0.25, 0.3) is 0 Å². The van der Waals surface area contributed by atoms with Crippen LogP contribution in [-0.2, 0) is 11.3 Å². The van der Waals surface area contributed by atoms with Gasteiger partial charge in [0.15, 0.2) is 0 Å². The number of hydrogen-bond acceptors (Lipinski definition) is 3. The standard InChI is InChI=1S/C10H17NOS/c1-7(2)9-6-13-10(11-9)5-12-8(3)4/h6-8H,5H2,1-4H3. The molecule has 0 aliphatic carbocycles. The van der Waals surface area contributed by atoms with E-state index in [0.29, 0.717) is 12.5 Å². The molecule has 13 heavy (non-hydrogen) atoms. The third-order valence-electron chi connectivity index (χ3n) is 1.70. The minimum Gasteiger partial charge on any atom is -0.372 e. The molecule has 1 aromatic rings. The Labute approximate surface area is 84.0 Å². The molecule has 3 heteroatoms. The molecule has 0 atom stereocenters. The highest BCUT2D eigenvalue weighted by molar-refractivity contribution is 7.09. The van der Waals surface area contributed by atoms with Crippen molar-refractivity contribution in [1.82, 2.24) is 4.98 Å². The first-order valence-electron chi connectivity index (χ1n) is 4.65. The van der Waals surface area contributed by atoms with Gasteiger partial charge in [-0.2, -0.15) is 0 Å². The minimum atomic E-state index is 0.284. The van der Waals surface area contributed by atoms with Gasteiger partial charge >= 0.3 is 0 Å². The fourth-order valence-corrected chi connectivity index (χ4v) is 1.77. The van der Waals surface area contributed by atoms with Crippen molar-refractivity contribution < 1.29 is 4.74 Å². The van der Waals surface area contributed by atoms with Crippen molar-refractivity contribution in [2.75, 3.05) is 0 Å². The molecule has 0 aliphatic heterocycles. The maximum Gasteiger partial charge on any atom is 0.119 e. The average molecular weight is 199 g/mol. The lowest BCUT2D eigenvalue weighted by Gasteiger charge is -2.04. The highest BCUT2D eigenvalue weighted by atomic mass is 32.1. The minimum absolute atomic E-state index is 0.284. The van der Waals surface area contributed by atoms with Crippen LogP contribution in [0.5, 0.6) is 0 Å². The molecular weight excluding hydrogens is 182 g/mol. The predicted octanol–water partition coefficient (Wildman–Crippen LogP) is 3.19. The molecular formula is C10H17NOS. The summed E-state index contributed by atoms with van der Waals surface area (Å²) in [5.74, 6) is 0.518. The van der Waals surface area contributed by atoms with Crippen molar-refractivity contribution in [1.29, 1.82) is 0 Å². The van der Waals surface area contributed by atoms with Crippen LogP contribution >= 0.6 is 11.3 Å². The molecule has 0 fully saturated rings. The topological polar surface area (TPSA) is 22.1 Å². The molecule has 2 nitrogen and oxygen atoms in total. The molecule has 0 radical (unpaired) electrons. The second-order valence-corrected chi connectivity index (χ2v) is 4.62. The zero-order valence-corrected chi connectivity index (χ0v) is 9.52. The summed E-state index contributed by atoms with van der Waals surface area (Å²) in [4.78, 5) is 4.48. The van der Waals surface area contributed by atoms with E-state index in [1.165, 1.54) is 5.69 Å². The van der Waals surface area contributed by atoms with Crippen LogP contribution < -0.4 is 0 Å². The van der Waals surface area contributed by atoms with Crippen molar-refractivity contribution in [3.63, 3.8) is 0 Å². The third kappa shape index (κ3) is 3.44. The van der Waals surface area contributed by atoms with E-state index in [2.05, 4.69) is 24.2 Å². The van der Waals surface area contributed by atoms with E-state index in [4.69, 9.17) is 4.74 Å². The second-order valence-electron chi connectivity index (χ2n) is 3.68. The molecule has 0 aromatic carbocycles. The summed E-state index contributed by atoms with van der Waals surface area (Å²) >= 11 is 1.68. The van der Waals surface area contributed by atoms with Gasteiger partial charge in [0.05, 0.1) is 18.4 Å². The Morgan fingerprint density at radius 1 is 1.38 bits per heavy atom. The summed E-state index contributed by atoms with van der Waals surface area (Å²) < 4.78 is 5.47. The Kier molecular flexibility index (Phi) is 3.88. The number of ether oxygens (including phenoxy) is 1. The molecule has 1 heterocycles. The molecule has 1 aromatic heterocycles. The third-order valence-corrected chi connectivity index (χ3v) is 2.54. The van der Waals surface area contributed by atoms with Crippen molar-refractivity contribution in [2.24, 2.45) is 0 Å². The Hall–Kier alpha value is -0.410. The maximum absolute atomic E-state index is 5.47. The van der Waals surface area contributed by atoms with Crippen LogP contribution in [0.25, 0.3) is 0 Å². The number of nitrogens with zero attached hydrogens (tertiary/aromatic N) is 1. The van der Waals surface area contributed by atoms with Gasteiger partial charge in [-0.25, -0.2) is 4.98 Å². The number of thiazole rings is 1. The SMILES string of the molecule is CC(C)OCc1nc(C(C)C)cs1. The van der Waals surface area contributed by atoms with Crippen LogP contribution in [0.1, 0.15) is 44.3 Å². The van der Waals surface area contributed by atoms with Gasteiger partial charge in [-0.15, -0.1) is 11.3 Å². The Balaban J connectivity index is 2.49. The number of rotatable bonds is 4. The molecule has 0 spiro atoms. The number of aromatic nitrogens is 1. The fraction of sp³-hybridized carbons (Fsp3) is 0.700. The van der Waals surface area contributed by atoms with Gasteiger partial charge in [0.1, 0.15) is 5.01 Å². The van der Waals surface area contributed by atoms with Crippen molar-refractivity contribution in [2.45, 2.75) is 46.3 Å². The Bertz CT molecular complexity index is 255. The largest absolute Gasteiger partial charge is 0.372 e. The van der Waals surface area contributed by atoms with Gasteiger partial charge in [0.2, 0.25) is 0 Å². The summed E-state index contributed by atoms with van der Waals surface area (Å²) in [7, 11) is 0. The van der Waals surface area contributed by atoms with Crippen LogP contribution in [0, 0.1) is 0 Å². The maximum atomic E-state index is 5.47. The first-order valence-corrected chi connectivity index (χ1v) is 5.53. The smallest absolute Gasteiger partial charge is 0.119 e. The predicted molar refractivity (Wildman–Crippen MR) is 56.1 cm³/mol. The summed E-state index contributed by atoms with van der Waals surface area (Å²) in [6.45, 7) is 9.03. The quantitative estimate of drug-likeness (QED) is 0.743. The van der Waals surface area contributed by atoms with E-state index in [1.807, 2.05) is 13.8 Å². The van der Waals surface area contributed by atoms with Crippen LogP contribution in [0.15, 0.2) is 5.38 Å². The van der Waals surface area contributed by atoms with E-state index >= 15 is 0 Å². The van der Waals surface area contributed by atoms with Crippen LogP contribution in [0.4, 0.5) is 0 Å². The lowest BCUT2D eigenvalue weighted by molar-refractivity contribution is 0.0655. The molecule has 0 bridgehead atoms. The summed E-state index contributed by atoms with van der Waals surface area (Å²) in [5.41, 5.74) is 1.17. The van der Waals surface area contributed by atoms with Crippen molar-refractivity contribution >= 4 is 11.3 Å². The van der Waals surface area contributed by atoms with E-state index < -0.39 is 0 Å². The normalized spacial score (nSPS) is 11.5. The summed E-state index contributed by atoms with van der Waals surface area (Å²) in [5, 5.41) is 3.20. The first-order chi connectivity index (χ1) is 6.09. The van der Waals surface area contributed by atoms with Crippen LogP contribution in [0.3, 0.4) is 0 Å². The van der Waals surface area contributed by atoms with E-state index in [1.54, 1.807) is 11.3 Å². The molecule has 0 aliphatic rings. The van der Waals surface area contributed by atoms with Crippen molar-refractivity contribution in [3.8, 4) is 0 Å². The summed E-state index contributed by atoms with van der Waals surface area (Å²) in [6.07, 6.45) is 0.284. The molecule has 0 saturated heterocycles. The molecule has 74 valence electrons. The molecule has 0 amide bonds. The van der Waals surface area contributed by atoms with Gasteiger partial charge in [-0.05, 0) is 19.8 Å². The fourth-order valence-electron chi connectivity index (χ4n) is 0.895. The molecule has 0 saturated carbocycles. The van der Waals surface area contributed by atoms with E-state index in [0.717, 1.165) is 5.01 Å². The van der Waals surface area contributed by atoms with Gasteiger partial charge in [-0.1, -0.05) is 13.8 Å². The highest BCUT2D eigenvalue weighted by Gasteiger charge is 2.05. The Morgan fingerprint density at radius 3 is 2.54 bits per heavy atom. The van der Waals surface area contributed by atoms with Crippen LogP contribution in [-0.4, -0.2) is 11.1 Å². The molecule has 0 N–H and O–H groups in total. The Morgan fingerprint density at radius 2 is 2.08 bits per heavy atom. The highest BCUT2D eigenvalue weighted by Crippen LogP contribution is 2.18.